The number of nitrogens with two attached hydrogens (primary N) is 1. The summed E-state index contributed by atoms with van der Waals surface area (Å²) < 4.78 is 5.66. The third-order valence-corrected chi connectivity index (χ3v) is 7.47. The molecule has 2 fully saturated rings. The van der Waals surface area contributed by atoms with Gasteiger partial charge in [0.1, 0.15) is 0 Å². The lowest BCUT2D eigenvalue weighted by Crippen LogP contribution is -2.40. The molecule has 0 aliphatic carbocycles. The summed E-state index contributed by atoms with van der Waals surface area (Å²) in [4.78, 5) is 0. The summed E-state index contributed by atoms with van der Waals surface area (Å²) in [5, 5.41) is 2.17. The van der Waals surface area contributed by atoms with E-state index >= 15 is 0 Å². The maximum absolute atomic E-state index is 6.34. The monoisotopic (exact) mass is 275 g/mol. The molecule has 100 valence electrons. The molecule has 0 aromatic rings. The Balaban J connectivity index is 1.70. The molecular weight excluding hydrogens is 250 g/mol. The fourth-order valence-corrected chi connectivity index (χ4v) is 5.57. The van der Waals surface area contributed by atoms with Crippen LogP contribution in [0.1, 0.15) is 39.5 Å². The summed E-state index contributed by atoms with van der Waals surface area (Å²) in [6, 6.07) is 0.353. The number of thioether (sulfide) groups is 2. The molecule has 5 atom stereocenters. The Morgan fingerprint density at radius 3 is 2.82 bits per heavy atom. The van der Waals surface area contributed by atoms with Gasteiger partial charge in [-0.3, -0.25) is 0 Å². The van der Waals surface area contributed by atoms with E-state index in [9.17, 15) is 0 Å². The van der Waals surface area contributed by atoms with E-state index in [1.807, 2.05) is 0 Å². The number of rotatable bonds is 4. The van der Waals surface area contributed by atoms with Crippen molar-refractivity contribution in [2.45, 2.75) is 67.4 Å². The van der Waals surface area contributed by atoms with Crippen LogP contribution in [0.4, 0.5) is 0 Å². The molecule has 0 radical (unpaired) electrons. The summed E-state index contributed by atoms with van der Waals surface area (Å²) in [7, 11) is 0. The van der Waals surface area contributed by atoms with Gasteiger partial charge >= 0.3 is 0 Å². The van der Waals surface area contributed by atoms with E-state index in [1.165, 1.54) is 18.6 Å². The van der Waals surface area contributed by atoms with E-state index < -0.39 is 0 Å². The van der Waals surface area contributed by atoms with Gasteiger partial charge in [-0.15, -0.1) is 0 Å². The zero-order chi connectivity index (χ0) is 12.3. The SMILES string of the molecule is CC1SCC(C(N)CCC2CCCO2)SC1C. The van der Waals surface area contributed by atoms with Gasteiger partial charge in [0.15, 0.2) is 0 Å². The van der Waals surface area contributed by atoms with Crippen molar-refractivity contribution in [2.75, 3.05) is 12.4 Å². The highest BCUT2D eigenvalue weighted by molar-refractivity contribution is 8.07. The van der Waals surface area contributed by atoms with E-state index in [1.54, 1.807) is 0 Å². The fraction of sp³-hybridized carbons (Fsp3) is 1.00. The molecule has 2 heterocycles. The Bertz CT molecular complexity index is 233. The highest BCUT2D eigenvalue weighted by Gasteiger charge is 2.30. The van der Waals surface area contributed by atoms with Crippen LogP contribution in [0.25, 0.3) is 0 Å². The molecule has 5 unspecified atom stereocenters. The van der Waals surface area contributed by atoms with E-state index in [4.69, 9.17) is 10.5 Å². The quantitative estimate of drug-likeness (QED) is 0.855. The minimum absolute atomic E-state index is 0.353. The second-order valence-corrected chi connectivity index (χ2v) is 8.33. The lowest BCUT2D eigenvalue weighted by molar-refractivity contribution is 0.101. The van der Waals surface area contributed by atoms with Crippen LogP contribution in [-0.2, 0) is 4.74 Å². The molecule has 2 rings (SSSR count). The molecule has 2 aliphatic heterocycles. The molecule has 17 heavy (non-hydrogen) atoms. The zero-order valence-corrected chi connectivity index (χ0v) is 12.6. The lowest BCUT2D eigenvalue weighted by atomic mass is 10.0. The van der Waals surface area contributed by atoms with Gasteiger partial charge in [-0.2, -0.15) is 23.5 Å². The van der Waals surface area contributed by atoms with Crippen molar-refractivity contribution in [1.29, 1.82) is 0 Å². The van der Waals surface area contributed by atoms with Crippen molar-refractivity contribution in [2.24, 2.45) is 5.73 Å². The van der Waals surface area contributed by atoms with Crippen LogP contribution in [0, 0.1) is 0 Å². The van der Waals surface area contributed by atoms with E-state index in [0.717, 1.165) is 29.9 Å². The summed E-state index contributed by atoms with van der Waals surface area (Å²) >= 11 is 4.19. The summed E-state index contributed by atoms with van der Waals surface area (Å²) in [6.07, 6.45) is 5.27. The highest BCUT2D eigenvalue weighted by atomic mass is 32.2. The molecule has 4 heteroatoms. The fourth-order valence-electron chi connectivity index (χ4n) is 2.47. The van der Waals surface area contributed by atoms with Crippen LogP contribution in [0.2, 0.25) is 0 Å². The molecule has 2 aliphatic rings. The van der Waals surface area contributed by atoms with Crippen molar-refractivity contribution in [3.05, 3.63) is 0 Å². The Hall–Kier alpha value is 0.620. The van der Waals surface area contributed by atoms with Gasteiger partial charge in [-0.05, 0) is 25.7 Å². The van der Waals surface area contributed by atoms with Gasteiger partial charge in [0, 0.05) is 34.2 Å². The van der Waals surface area contributed by atoms with Crippen molar-refractivity contribution >= 4 is 23.5 Å². The van der Waals surface area contributed by atoms with Crippen molar-refractivity contribution in [3.63, 3.8) is 0 Å². The number of hydrogen-bond donors (Lipinski definition) is 1. The molecule has 0 bridgehead atoms. The van der Waals surface area contributed by atoms with Crippen LogP contribution in [-0.4, -0.2) is 40.3 Å². The zero-order valence-electron chi connectivity index (χ0n) is 10.9. The van der Waals surface area contributed by atoms with E-state index in [-0.39, 0.29) is 0 Å². The minimum Gasteiger partial charge on any atom is -0.378 e. The molecule has 2 saturated heterocycles. The van der Waals surface area contributed by atoms with Gasteiger partial charge in [0.25, 0.3) is 0 Å². The first-order valence-corrected chi connectivity index (χ1v) is 8.80. The molecule has 0 saturated carbocycles. The van der Waals surface area contributed by atoms with Crippen LogP contribution in [0.15, 0.2) is 0 Å². The Morgan fingerprint density at radius 1 is 1.35 bits per heavy atom. The molecule has 0 aromatic heterocycles. The second kappa shape index (κ2) is 6.69. The first-order valence-electron chi connectivity index (χ1n) is 6.81. The molecule has 0 aromatic carbocycles. The Morgan fingerprint density at radius 2 is 2.18 bits per heavy atom. The van der Waals surface area contributed by atoms with Gasteiger partial charge in [0.2, 0.25) is 0 Å². The van der Waals surface area contributed by atoms with Crippen LogP contribution < -0.4 is 5.73 Å². The van der Waals surface area contributed by atoms with Gasteiger partial charge in [-0.1, -0.05) is 13.8 Å². The maximum Gasteiger partial charge on any atom is 0.0576 e. The van der Waals surface area contributed by atoms with Crippen molar-refractivity contribution in [3.8, 4) is 0 Å². The Labute approximate surface area is 114 Å². The van der Waals surface area contributed by atoms with Crippen LogP contribution in [0.3, 0.4) is 0 Å². The molecule has 2 nitrogen and oxygen atoms in total. The van der Waals surface area contributed by atoms with Crippen LogP contribution in [0.5, 0.6) is 0 Å². The Kier molecular flexibility index (Phi) is 5.52. The normalized spacial score (nSPS) is 40.4. The molecule has 0 amide bonds. The van der Waals surface area contributed by atoms with E-state index in [2.05, 4.69) is 37.4 Å². The highest BCUT2D eigenvalue weighted by Crippen LogP contribution is 2.37. The van der Waals surface area contributed by atoms with Gasteiger partial charge in [-0.25, -0.2) is 0 Å². The maximum atomic E-state index is 6.34. The first-order chi connectivity index (χ1) is 8.16. The van der Waals surface area contributed by atoms with Gasteiger partial charge in [0.05, 0.1) is 6.10 Å². The molecular formula is C13H25NOS2. The molecule has 0 spiro atoms. The second-order valence-electron chi connectivity index (χ2n) is 5.29. The molecule has 2 N–H and O–H groups in total. The van der Waals surface area contributed by atoms with E-state index in [0.29, 0.717) is 17.4 Å². The predicted molar refractivity (Wildman–Crippen MR) is 78.9 cm³/mol. The third-order valence-electron chi connectivity index (χ3n) is 3.90. The summed E-state index contributed by atoms with van der Waals surface area (Å²) in [5.74, 6) is 1.23. The largest absolute Gasteiger partial charge is 0.378 e. The minimum atomic E-state index is 0.353. The van der Waals surface area contributed by atoms with Crippen LogP contribution >= 0.6 is 23.5 Å². The summed E-state index contributed by atoms with van der Waals surface area (Å²) in [5.41, 5.74) is 6.34. The van der Waals surface area contributed by atoms with Crippen molar-refractivity contribution in [1.82, 2.24) is 0 Å². The average Bonchev–Trinajstić information content (AvgIpc) is 2.82. The smallest absolute Gasteiger partial charge is 0.0576 e. The standard InChI is InChI=1S/C13H25NOS2/c1-9-10(2)17-13(8-16-9)12(14)6-5-11-4-3-7-15-11/h9-13H,3-8,14H2,1-2H3. The van der Waals surface area contributed by atoms with Gasteiger partial charge < -0.3 is 10.5 Å². The topological polar surface area (TPSA) is 35.2 Å². The third kappa shape index (κ3) is 4.05. The summed E-state index contributed by atoms with van der Waals surface area (Å²) in [6.45, 7) is 5.63. The van der Waals surface area contributed by atoms with Crippen molar-refractivity contribution < 1.29 is 4.74 Å². The predicted octanol–water partition coefficient (Wildman–Crippen LogP) is 2.90. The number of hydrogen-bond acceptors (Lipinski definition) is 4. The lowest BCUT2D eigenvalue weighted by Gasteiger charge is -2.34. The number of ether oxygens (including phenoxy) is 1. The first kappa shape index (κ1) is 14.0. The average molecular weight is 275 g/mol.